The molecule has 1 aromatic rings. The molecule has 0 saturated carbocycles. The van der Waals surface area contributed by atoms with Crippen LogP contribution < -0.4 is 10.4 Å². The third-order valence-electron chi connectivity index (χ3n) is 2.66. The minimum absolute atomic E-state index is 0.356. The second-order valence-corrected chi connectivity index (χ2v) is 3.68. The van der Waals surface area contributed by atoms with Crippen LogP contribution >= 0.6 is 0 Å². The maximum atomic E-state index is 13.6. The minimum Gasteiger partial charge on any atom is -0.207 e. The van der Waals surface area contributed by atoms with Crippen molar-refractivity contribution in [3.05, 3.63) is 41.6 Å². The summed E-state index contributed by atoms with van der Waals surface area (Å²) >= 11 is 0. The number of hydrogen-bond acceptors (Lipinski definition) is 3. The van der Waals surface area contributed by atoms with Gasteiger partial charge in [0, 0.05) is 11.1 Å². The number of hydrogen-bond donors (Lipinski definition) is 1. The Balaban J connectivity index is 2.00. The van der Waals surface area contributed by atoms with Gasteiger partial charge in [-0.2, -0.15) is 4.99 Å². The van der Waals surface area contributed by atoms with E-state index >= 15 is 0 Å². The topological polar surface area (TPSA) is 30.3 Å². The number of halogens is 2. The Hall–Kier alpha value is -1.59. The van der Waals surface area contributed by atoms with Crippen molar-refractivity contribution in [2.45, 2.75) is 6.42 Å². The largest absolute Gasteiger partial charge is 0.281 e. The van der Waals surface area contributed by atoms with Crippen molar-refractivity contribution in [3.63, 3.8) is 0 Å². The van der Waals surface area contributed by atoms with Crippen molar-refractivity contribution in [1.29, 1.82) is 0 Å². The van der Waals surface area contributed by atoms with E-state index in [2.05, 4.69) is 10.4 Å². The van der Waals surface area contributed by atoms with Gasteiger partial charge in [0.25, 0.3) is 5.84 Å². The molecule has 2 heterocycles. The number of hydrazine groups is 1. The van der Waals surface area contributed by atoms with E-state index in [1.165, 1.54) is 12.1 Å². The van der Waals surface area contributed by atoms with Crippen LogP contribution in [0.15, 0.2) is 29.4 Å². The van der Waals surface area contributed by atoms with E-state index in [0.29, 0.717) is 11.3 Å². The van der Waals surface area contributed by atoms with Crippen LogP contribution in [0, 0.1) is 11.6 Å². The molecule has 0 aromatic heterocycles. The van der Waals surface area contributed by atoms with Crippen molar-refractivity contribution in [1.82, 2.24) is 10.4 Å². The Kier molecular flexibility index (Phi) is 2.08. The molecule has 0 spiro atoms. The third-order valence-corrected chi connectivity index (χ3v) is 2.66. The quantitative estimate of drug-likeness (QED) is 0.719. The van der Waals surface area contributed by atoms with E-state index < -0.39 is 11.6 Å². The summed E-state index contributed by atoms with van der Waals surface area (Å²) in [4.78, 5) is 4.18. The Bertz CT molecular complexity index is 508. The molecular weight excluding hydrogens is 212 g/mol. The van der Waals surface area contributed by atoms with Crippen LogP contribution in [0.4, 0.5) is 8.78 Å². The van der Waals surface area contributed by atoms with Gasteiger partial charge in [0.2, 0.25) is 5.70 Å². The van der Waals surface area contributed by atoms with Gasteiger partial charge in [-0.15, -0.1) is 5.43 Å². The van der Waals surface area contributed by atoms with Crippen LogP contribution in [0.25, 0.3) is 5.70 Å². The number of benzene rings is 1. The number of rotatable bonds is 1. The monoisotopic (exact) mass is 221 g/mol. The molecule has 0 bridgehead atoms. The van der Waals surface area contributed by atoms with Gasteiger partial charge in [-0.25, -0.2) is 8.78 Å². The molecule has 2 aliphatic heterocycles. The van der Waals surface area contributed by atoms with Crippen LogP contribution in [0.5, 0.6) is 0 Å². The molecule has 1 saturated heterocycles. The summed E-state index contributed by atoms with van der Waals surface area (Å²) in [5.41, 5.74) is 4.07. The number of amidine groups is 1. The lowest BCUT2D eigenvalue weighted by Gasteiger charge is -2.04. The first-order chi connectivity index (χ1) is 7.75. The van der Waals surface area contributed by atoms with E-state index in [4.69, 9.17) is 0 Å². The first-order valence-corrected chi connectivity index (χ1v) is 5.01. The highest BCUT2D eigenvalue weighted by atomic mass is 19.1. The molecule has 3 nitrogen and oxygen atoms in total. The van der Waals surface area contributed by atoms with E-state index in [9.17, 15) is 8.78 Å². The fourth-order valence-corrected chi connectivity index (χ4v) is 1.91. The molecule has 3 rings (SSSR count). The molecule has 81 valence electrons. The predicted molar refractivity (Wildman–Crippen MR) is 56.5 cm³/mol. The van der Waals surface area contributed by atoms with Crippen LogP contribution in [0.1, 0.15) is 12.0 Å². The van der Waals surface area contributed by atoms with E-state index in [-0.39, 0.29) is 0 Å². The summed E-state index contributed by atoms with van der Waals surface area (Å²) in [6, 6.07) is 3.55. The smallest absolute Gasteiger partial charge is 0.207 e. The Morgan fingerprint density at radius 3 is 3.00 bits per heavy atom. The second-order valence-electron chi connectivity index (χ2n) is 3.68. The summed E-state index contributed by atoms with van der Waals surface area (Å²) < 4.78 is 26.4. The first kappa shape index (κ1) is 9.62. The minimum atomic E-state index is -0.574. The molecule has 1 fully saturated rings. The average Bonchev–Trinajstić information content (AvgIpc) is 2.80. The van der Waals surface area contributed by atoms with Gasteiger partial charge in [0.1, 0.15) is 17.8 Å². The van der Waals surface area contributed by atoms with Crippen LogP contribution in [0.3, 0.4) is 0 Å². The molecule has 1 aromatic carbocycles. The summed E-state index contributed by atoms with van der Waals surface area (Å²) in [7, 11) is 0. The normalized spacial score (nSPS) is 19.6. The molecule has 0 unspecified atom stereocenters. The Morgan fingerprint density at radius 1 is 1.31 bits per heavy atom. The van der Waals surface area contributed by atoms with E-state index in [1.807, 2.05) is 0 Å². The predicted octanol–water partition coefficient (Wildman–Crippen LogP) is 1.72. The van der Waals surface area contributed by atoms with Gasteiger partial charge in [0.15, 0.2) is 0 Å². The van der Waals surface area contributed by atoms with Crippen molar-refractivity contribution in [2.75, 3.05) is 6.54 Å². The highest BCUT2D eigenvalue weighted by Crippen LogP contribution is 2.26. The van der Waals surface area contributed by atoms with Crippen molar-refractivity contribution >= 4 is 11.5 Å². The van der Waals surface area contributed by atoms with E-state index in [0.717, 1.165) is 24.9 Å². The van der Waals surface area contributed by atoms with Gasteiger partial charge >= 0.3 is 0 Å². The third kappa shape index (κ3) is 1.36. The average molecular weight is 221 g/mol. The summed E-state index contributed by atoms with van der Waals surface area (Å²) in [5, 5.41) is 1.75. The molecule has 1 radical (unpaired) electrons. The first-order valence-electron chi connectivity index (χ1n) is 5.01. The van der Waals surface area contributed by atoms with Crippen molar-refractivity contribution < 1.29 is 8.78 Å². The molecule has 2 aliphatic rings. The molecule has 1 N–H and O–H groups in total. The zero-order chi connectivity index (χ0) is 11.1. The lowest BCUT2D eigenvalue weighted by molar-refractivity contribution is 0.571. The zero-order valence-corrected chi connectivity index (χ0v) is 8.37. The standard InChI is InChI=1S/C11H9F2N3/c12-7-1-2-8(9(13)5-7)10-6-14-11-3-4-15-16(10)11/h1-2,5-6,15H,3-4H2/q+1. The Morgan fingerprint density at radius 2 is 2.19 bits per heavy atom. The maximum Gasteiger partial charge on any atom is 0.281 e. The molecule has 0 atom stereocenters. The molecule has 16 heavy (non-hydrogen) atoms. The van der Waals surface area contributed by atoms with Crippen LogP contribution in [0.2, 0.25) is 0 Å². The lowest BCUT2D eigenvalue weighted by Crippen LogP contribution is -2.36. The summed E-state index contributed by atoms with van der Waals surface area (Å²) in [6.07, 6.45) is 2.42. The summed E-state index contributed by atoms with van der Waals surface area (Å²) in [5.74, 6) is -0.273. The van der Waals surface area contributed by atoms with Crippen LogP contribution in [-0.2, 0) is 0 Å². The molecule has 5 heteroatoms. The highest BCUT2D eigenvalue weighted by Gasteiger charge is 2.40. The van der Waals surface area contributed by atoms with Crippen LogP contribution in [-0.4, -0.2) is 12.4 Å². The maximum absolute atomic E-state index is 13.6. The molecular formula is C11H9F2N3+. The van der Waals surface area contributed by atoms with Crippen molar-refractivity contribution in [2.24, 2.45) is 4.99 Å². The number of fused-ring (bicyclic) bond motifs is 1. The van der Waals surface area contributed by atoms with Crippen molar-refractivity contribution in [3.8, 4) is 0 Å². The second kappa shape index (κ2) is 3.47. The fourth-order valence-electron chi connectivity index (χ4n) is 1.91. The van der Waals surface area contributed by atoms with Gasteiger partial charge < -0.3 is 0 Å². The fraction of sp³-hybridized carbons (Fsp3) is 0.182. The number of nitrogens with one attached hydrogen (secondary N) is 1. The lowest BCUT2D eigenvalue weighted by atomic mass is 10.1. The van der Waals surface area contributed by atoms with Gasteiger partial charge in [-0.1, -0.05) is 0 Å². The molecule has 0 aliphatic carbocycles. The SMILES string of the molecule is Fc1ccc(C2=CN=C3CCN[N+]23)c(F)c1. The van der Waals surface area contributed by atoms with E-state index in [1.54, 1.807) is 11.2 Å². The molecule has 0 amide bonds. The zero-order valence-electron chi connectivity index (χ0n) is 8.37. The van der Waals surface area contributed by atoms with Gasteiger partial charge in [0.05, 0.1) is 18.5 Å². The Labute approximate surface area is 91.1 Å². The van der Waals surface area contributed by atoms with Gasteiger partial charge in [-0.3, -0.25) is 0 Å². The van der Waals surface area contributed by atoms with Gasteiger partial charge in [-0.05, 0) is 12.1 Å². The highest BCUT2D eigenvalue weighted by molar-refractivity contribution is 5.98. The summed E-state index contributed by atoms with van der Waals surface area (Å²) in [6.45, 7) is 0.791. The number of aliphatic imine (C=N–C) groups is 1. The number of nitrogens with zero attached hydrogens (tertiary/aromatic N) is 2.